The summed E-state index contributed by atoms with van der Waals surface area (Å²) in [5, 5.41) is 6.90. The van der Waals surface area contributed by atoms with Crippen molar-refractivity contribution in [2.45, 2.75) is 52.5 Å². The summed E-state index contributed by atoms with van der Waals surface area (Å²) in [6, 6.07) is 0.608. The number of hydrogen-bond donors (Lipinski definition) is 2. The van der Waals surface area contributed by atoms with Crippen molar-refractivity contribution in [2.24, 2.45) is 5.92 Å². The first-order valence-electron chi connectivity index (χ1n) is 7.02. The van der Waals surface area contributed by atoms with Crippen LogP contribution in [0.25, 0.3) is 0 Å². The lowest BCUT2D eigenvalue weighted by atomic mass is 10.0. The predicted octanol–water partition coefficient (Wildman–Crippen LogP) is 3.24. The third-order valence-electron chi connectivity index (χ3n) is 3.57. The Balaban J connectivity index is 2.20. The van der Waals surface area contributed by atoms with Gasteiger partial charge in [-0.2, -0.15) is 0 Å². The van der Waals surface area contributed by atoms with E-state index in [1.165, 1.54) is 18.4 Å². The van der Waals surface area contributed by atoms with Crippen molar-refractivity contribution >= 4 is 11.6 Å². The summed E-state index contributed by atoms with van der Waals surface area (Å²) in [5.74, 6) is 3.22. The Bertz CT molecular complexity index is 403. The van der Waals surface area contributed by atoms with Gasteiger partial charge in [-0.25, -0.2) is 9.97 Å². The first kappa shape index (κ1) is 13.1. The molecule has 0 aromatic carbocycles. The first-order chi connectivity index (χ1) is 8.67. The fraction of sp³-hybridized carbons (Fsp3) is 0.714. The molecular formula is C14H24N4. The van der Waals surface area contributed by atoms with E-state index in [0.29, 0.717) is 12.0 Å². The molecule has 2 unspecified atom stereocenters. The molecule has 0 radical (unpaired) electrons. The van der Waals surface area contributed by atoms with Crippen molar-refractivity contribution in [3.8, 4) is 0 Å². The van der Waals surface area contributed by atoms with Crippen LogP contribution in [0.5, 0.6) is 0 Å². The molecule has 100 valence electrons. The molecule has 2 atom stereocenters. The smallest absolute Gasteiger partial charge is 0.135 e. The molecule has 1 saturated carbocycles. The monoisotopic (exact) mass is 248 g/mol. The van der Waals surface area contributed by atoms with Crippen molar-refractivity contribution in [2.75, 3.05) is 17.2 Å². The van der Waals surface area contributed by atoms with Crippen molar-refractivity contribution in [3.63, 3.8) is 0 Å². The summed E-state index contributed by atoms with van der Waals surface area (Å²) in [7, 11) is 0. The van der Waals surface area contributed by atoms with Gasteiger partial charge in [0, 0.05) is 18.2 Å². The van der Waals surface area contributed by atoms with Crippen LogP contribution in [0.1, 0.15) is 52.0 Å². The molecule has 1 heterocycles. The van der Waals surface area contributed by atoms with E-state index in [0.717, 1.165) is 24.1 Å². The van der Waals surface area contributed by atoms with Crippen molar-refractivity contribution in [3.05, 3.63) is 11.9 Å². The topological polar surface area (TPSA) is 49.8 Å². The molecule has 1 aromatic rings. The highest BCUT2D eigenvalue weighted by atomic mass is 15.1. The van der Waals surface area contributed by atoms with E-state index < -0.39 is 0 Å². The number of hydrogen-bond acceptors (Lipinski definition) is 4. The molecule has 1 aliphatic carbocycles. The van der Waals surface area contributed by atoms with Crippen LogP contribution in [-0.4, -0.2) is 22.6 Å². The highest BCUT2D eigenvalue weighted by Gasteiger charge is 2.36. The Hall–Kier alpha value is -1.32. The van der Waals surface area contributed by atoms with Gasteiger partial charge < -0.3 is 10.6 Å². The number of aromatic nitrogens is 2. The maximum atomic E-state index is 4.43. The highest BCUT2D eigenvalue weighted by molar-refractivity contribution is 5.59. The minimum Gasteiger partial charge on any atom is -0.370 e. The molecule has 1 aromatic heterocycles. The largest absolute Gasteiger partial charge is 0.370 e. The summed E-state index contributed by atoms with van der Waals surface area (Å²) >= 11 is 0. The van der Waals surface area contributed by atoms with Crippen LogP contribution in [0, 0.1) is 5.92 Å². The van der Waals surface area contributed by atoms with E-state index in [-0.39, 0.29) is 0 Å². The lowest BCUT2D eigenvalue weighted by Crippen LogP contribution is -2.13. The van der Waals surface area contributed by atoms with Gasteiger partial charge in [0.15, 0.2) is 0 Å². The molecule has 0 bridgehead atoms. The second-order valence-corrected chi connectivity index (χ2v) is 5.32. The second kappa shape index (κ2) is 5.55. The van der Waals surface area contributed by atoms with Gasteiger partial charge in [-0.05, 0) is 25.2 Å². The van der Waals surface area contributed by atoms with Gasteiger partial charge in [-0.3, -0.25) is 0 Å². The highest BCUT2D eigenvalue weighted by Crippen LogP contribution is 2.38. The average Bonchev–Trinajstić information content (AvgIpc) is 3.08. The number of rotatable bonds is 6. The van der Waals surface area contributed by atoms with Crippen molar-refractivity contribution < 1.29 is 0 Å². The molecule has 1 fully saturated rings. The summed E-state index contributed by atoms with van der Waals surface area (Å²) in [4.78, 5) is 8.78. The van der Waals surface area contributed by atoms with Gasteiger partial charge in [0.2, 0.25) is 0 Å². The van der Waals surface area contributed by atoms with E-state index in [4.69, 9.17) is 0 Å². The van der Waals surface area contributed by atoms with Crippen LogP contribution >= 0.6 is 0 Å². The fourth-order valence-corrected chi connectivity index (χ4v) is 2.42. The first-order valence-corrected chi connectivity index (χ1v) is 7.02. The van der Waals surface area contributed by atoms with Crippen molar-refractivity contribution in [1.82, 2.24) is 9.97 Å². The van der Waals surface area contributed by atoms with Crippen molar-refractivity contribution in [1.29, 1.82) is 0 Å². The van der Waals surface area contributed by atoms with E-state index in [1.807, 2.05) is 0 Å². The van der Waals surface area contributed by atoms with Gasteiger partial charge in [0.1, 0.15) is 18.0 Å². The summed E-state index contributed by atoms with van der Waals surface area (Å²) in [6.07, 6.45) is 4.17. The van der Waals surface area contributed by atoms with E-state index in [9.17, 15) is 0 Å². The molecule has 0 aliphatic heterocycles. The molecule has 4 heteroatoms. The maximum Gasteiger partial charge on any atom is 0.135 e. The van der Waals surface area contributed by atoms with Crippen LogP contribution in [0.2, 0.25) is 0 Å². The number of nitrogens with zero attached hydrogens (tertiary/aromatic N) is 2. The zero-order valence-corrected chi connectivity index (χ0v) is 11.8. The van der Waals surface area contributed by atoms with Gasteiger partial charge in [0.25, 0.3) is 0 Å². The summed E-state index contributed by atoms with van der Waals surface area (Å²) in [6.45, 7) is 9.61. The summed E-state index contributed by atoms with van der Waals surface area (Å²) < 4.78 is 0. The molecule has 2 N–H and O–H groups in total. The summed E-state index contributed by atoms with van der Waals surface area (Å²) in [5.41, 5.74) is 1.21. The SMILES string of the molecule is CCNc1ncnc(NC2CC2CC)c1C(C)C. The third-order valence-corrected chi connectivity index (χ3v) is 3.57. The predicted molar refractivity (Wildman–Crippen MR) is 76.1 cm³/mol. The Morgan fingerprint density at radius 1 is 1.28 bits per heavy atom. The molecule has 0 amide bonds. The molecule has 0 saturated heterocycles. The molecule has 0 spiro atoms. The quantitative estimate of drug-likeness (QED) is 0.811. The van der Waals surface area contributed by atoms with Crippen LogP contribution in [0.4, 0.5) is 11.6 Å². The fourth-order valence-electron chi connectivity index (χ4n) is 2.42. The van der Waals surface area contributed by atoms with Crippen LogP contribution in [0.15, 0.2) is 6.33 Å². The lowest BCUT2D eigenvalue weighted by Gasteiger charge is -2.17. The Labute approximate surface area is 110 Å². The van der Waals surface area contributed by atoms with Gasteiger partial charge in [0.05, 0.1) is 0 Å². The zero-order chi connectivity index (χ0) is 13.1. The molecule has 4 nitrogen and oxygen atoms in total. The van der Waals surface area contributed by atoms with Crippen LogP contribution in [-0.2, 0) is 0 Å². The van der Waals surface area contributed by atoms with E-state index in [2.05, 4.69) is 48.3 Å². The maximum absolute atomic E-state index is 4.43. The van der Waals surface area contributed by atoms with E-state index in [1.54, 1.807) is 6.33 Å². The molecule has 2 rings (SSSR count). The molecule has 1 aliphatic rings. The van der Waals surface area contributed by atoms with Gasteiger partial charge in [-0.1, -0.05) is 27.2 Å². The van der Waals surface area contributed by atoms with Crippen LogP contribution in [0.3, 0.4) is 0 Å². The second-order valence-electron chi connectivity index (χ2n) is 5.32. The molecule has 18 heavy (non-hydrogen) atoms. The molecular weight excluding hydrogens is 224 g/mol. The minimum absolute atomic E-state index is 0.418. The Morgan fingerprint density at radius 2 is 2.00 bits per heavy atom. The third kappa shape index (κ3) is 2.74. The Kier molecular flexibility index (Phi) is 4.04. The normalized spacial score (nSPS) is 22.1. The Morgan fingerprint density at radius 3 is 2.56 bits per heavy atom. The number of anilines is 2. The van der Waals surface area contributed by atoms with E-state index >= 15 is 0 Å². The van der Waals surface area contributed by atoms with Gasteiger partial charge >= 0.3 is 0 Å². The standard InChI is InChI=1S/C14H24N4/c1-5-10-7-11(10)18-14-12(9(3)4)13(15-6-2)16-8-17-14/h8-11H,5-7H2,1-4H3,(H2,15,16,17,18). The average molecular weight is 248 g/mol. The minimum atomic E-state index is 0.418. The lowest BCUT2D eigenvalue weighted by molar-refractivity contribution is 0.769. The van der Waals surface area contributed by atoms with Gasteiger partial charge in [-0.15, -0.1) is 0 Å². The van der Waals surface area contributed by atoms with Crippen LogP contribution < -0.4 is 10.6 Å². The zero-order valence-electron chi connectivity index (χ0n) is 11.8. The number of nitrogens with one attached hydrogen (secondary N) is 2.